The molecule has 4 nitrogen and oxygen atoms in total. The first kappa shape index (κ1) is 13.4. The minimum absolute atomic E-state index is 0.0560. The Morgan fingerprint density at radius 3 is 2.71 bits per heavy atom. The summed E-state index contributed by atoms with van der Waals surface area (Å²) in [6.07, 6.45) is -1.33. The van der Waals surface area contributed by atoms with E-state index in [1.165, 1.54) is 6.07 Å². The van der Waals surface area contributed by atoms with E-state index in [0.29, 0.717) is 5.56 Å². The Hall–Kier alpha value is -1.62. The number of carboxylic acid groups (broad SMARTS) is 1. The van der Waals surface area contributed by atoms with Crippen LogP contribution in [0.2, 0.25) is 5.02 Å². The number of ketones is 1. The number of hydrogen-bond acceptors (Lipinski definition) is 2. The van der Waals surface area contributed by atoms with Crippen molar-refractivity contribution >= 4 is 23.5 Å². The van der Waals surface area contributed by atoms with E-state index in [1.54, 1.807) is 13.0 Å². The highest BCUT2D eigenvalue weighted by atomic mass is 35.5. The van der Waals surface area contributed by atoms with Gasteiger partial charge in [0, 0.05) is 13.0 Å². The molecule has 17 heavy (non-hydrogen) atoms. The van der Waals surface area contributed by atoms with Crippen LogP contribution in [0.15, 0.2) is 12.1 Å². The van der Waals surface area contributed by atoms with E-state index in [0.717, 1.165) is 0 Å². The number of benzene rings is 1. The number of Topliss-reactive ketones (excluding diaryl/α,β-unsaturated/α-hetero) is 1. The number of nitrogens with one attached hydrogen (secondary N) is 1. The highest BCUT2D eigenvalue weighted by molar-refractivity contribution is 6.31. The second kappa shape index (κ2) is 5.63. The first-order valence-corrected chi connectivity index (χ1v) is 5.26. The Morgan fingerprint density at radius 2 is 2.12 bits per heavy atom. The van der Waals surface area contributed by atoms with Gasteiger partial charge in [0.15, 0.2) is 11.6 Å². The molecule has 0 atom stereocenters. The molecule has 1 amide bonds. The molecule has 0 heterocycles. The third kappa shape index (κ3) is 3.42. The molecule has 2 N–H and O–H groups in total. The van der Waals surface area contributed by atoms with Crippen molar-refractivity contribution in [2.75, 3.05) is 6.54 Å². The lowest BCUT2D eigenvalue weighted by atomic mass is 10.0. The van der Waals surface area contributed by atoms with Gasteiger partial charge in [-0.15, -0.1) is 0 Å². The lowest BCUT2D eigenvalue weighted by molar-refractivity contribution is 0.0978. The molecule has 0 radical (unpaired) electrons. The molecule has 1 rings (SSSR count). The maximum Gasteiger partial charge on any atom is 0.404 e. The van der Waals surface area contributed by atoms with Gasteiger partial charge in [0.2, 0.25) is 0 Å². The van der Waals surface area contributed by atoms with Crippen LogP contribution in [0.5, 0.6) is 0 Å². The van der Waals surface area contributed by atoms with Gasteiger partial charge in [0.05, 0.1) is 10.6 Å². The Morgan fingerprint density at radius 1 is 1.47 bits per heavy atom. The molecule has 0 unspecified atom stereocenters. The highest BCUT2D eigenvalue weighted by Gasteiger charge is 2.17. The molecule has 0 aromatic heterocycles. The van der Waals surface area contributed by atoms with Crippen molar-refractivity contribution in [1.82, 2.24) is 5.32 Å². The monoisotopic (exact) mass is 259 g/mol. The summed E-state index contributed by atoms with van der Waals surface area (Å²) in [6, 6.07) is 2.92. The summed E-state index contributed by atoms with van der Waals surface area (Å²) < 4.78 is 13.6. The molecular weight excluding hydrogens is 249 g/mol. The summed E-state index contributed by atoms with van der Waals surface area (Å²) in [5, 5.41) is 10.3. The molecule has 92 valence electrons. The van der Waals surface area contributed by atoms with E-state index in [-0.39, 0.29) is 23.6 Å². The number of rotatable bonds is 4. The molecule has 0 aliphatic heterocycles. The van der Waals surface area contributed by atoms with E-state index in [1.807, 2.05) is 5.32 Å². The number of carbonyl (C=O) groups is 2. The average molecular weight is 260 g/mol. The molecular formula is C11H11ClFNO3. The zero-order valence-electron chi connectivity index (χ0n) is 9.09. The van der Waals surface area contributed by atoms with Crippen LogP contribution in [-0.4, -0.2) is 23.5 Å². The SMILES string of the molecule is Cc1ccc(Cl)c(F)c1C(=O)CCNC(=O)O. The van der Waals surface area contributed by atoms with Gasteiger partial charge in [-0.25, -0.2) is 9.18 Å². The van der Waals surface area contributed by atoms with Gasteiger partial charge in [-0.3, -0.25) is 4.79 Å². The number of halogens is 2. The van der Waals surface area contributed by atoms with Crippen LogP contribution in [0.25, 0.3) is 0 Å². The van der Waals surface area contributed by atoms with E-state index >= 15 is 0 Å². The smallest absolute Gasteiger partial charge is 0.404 e. The van der Waals surface area contributed by atoms with E-state index in [9.17, 15) is 14.0 Å². The first-order chi connectivity index (χ1) is 7.93. The maximum atomic E-state index is 13.6. The van der Waals surface area contributed by atoms with Gasteiger partial charge in [-0.1, -0.05) is 17.7 Å². The number of hydrogen-bond donors (Lipinski definition) is 2. The van der Waals surface area contributed by atoms with Crippen molar-refractivity contribution in [2.45, 2.75) is 13.3 Å². The van der Waals surface area contributed by atoms with Crippen LogP contribution in [0.4, 0.5) is 9.18 Å². The Balaban J connectivity index is 2.82. The molecule has 0 spiro atoms. The fourth-order valence-corrected chi connectivity index (χ4v) is 1.55. The first-order valence-electron chi connectivity index (χ1n) is 4.88. The van der Waals surface area contributed by atoms with Crippen LogP contribution in [0, 0.1) is 12.7 Å². The standard InChI is InChI=1S/C11H11ClFNO3/c1-6-2-3-7(12)10(13)9(6)8(15)4-5-14-11(16)17/h2-3,14H,4-5H2,1H3,(H,16,17). The van der Waals surface area contributed by atoms with Crippen molar-refractivity contribution < 1.29 is 19.1 Å². The van der Waals surface area contributed by atoms with Crippen molar-refractivity contribution in [3.8, 4) is 0 Å². The van der Waals surface area contributed by atoms with Crippen LogP contribution < -0.4 is 5.32 Å². The molecule has 1 aromatic rings. The van der Waals surface area contributed by atoms with Gasteiger partial charge >= 0.3 is 6.09 Å². The predicted molar refractivity (Wildman–Crippen MR) is 61.1 cm³/mol. The van der Waals surface area contributed by atoms with Gasteiger partial charge < -0.3 is 10.4 Å². The Kier molecular flexibility index (Phi) is 4.45. The maximum absolute atomic E-state index is 13.6. The number of aryl methyl sites for hydroxylation is 1. The molecule has 0 bridgehead atoms. The van der Waals surface area contributed by atoms with E-state index in [2.05, 4.69) is 0 Å². The van der Waals surface area contributed by atoms with Crippen molar-refractivity contribution in [2.24, 2.45) is 0 Å². The average Bonchev–Trinajstić information content (AvgIpc) is 2.23. The summed E-state index contributed by atoms with van der Waals surface area (Å²) in [4.78, 5) is 21.9. The fourth-order valence-electron chi connectivity index (χ4n) is 1.40. The summed E-state index contributed by atoms with van der Waals surface area (Å²) >= 11 is 5.58. The largest absolute Gasteiger partial charge is 0.465 e. The summed E-state index contributed by atoms with van der Waals surface area (Å²) in [6.45, 7) is 1.54. The molecule has 6 heteroatoms. The summed E-state index contributed by atoms with van der Waals surface area (Å²) in [5.74, 6) is -1.23. The quantitative estimate of drug-likeness (QED) is 0.817. The molecule has 0 aliphatic rings. The van der Waals surface area contributed by atoms with E-state index in [4.69, 9.17) is 16.7 Å². The van der Waals surface area contributed by atoms with E-state index < -0.39 is 17.7 Å². The lowest BCUT2D eigenvalue weighted by Gasteiger charge is -2.07. The molecule has 0 saturated carbocycles. The van der Waals surface area contributed by atoms with Crippen molar-refractivity contribution in [3.05, 3.63) is 34.1 Å². The van der Waals surface area contributed by atoms with Gasteiger partial charge in [0.1, 0.15) is 0 Å². The summed E-state index contributed by atoms with van der Waals surface area (Å²) in [7, 11) is 0. The molecule has 0 aliphatic carbocycles. The van der Waals surface area contributed by atoms with Crippen molar-refractivity contribution in [1.29, 1.82) is 0 Å². The lowest BCUT2D eigenvalue weighted by Crippen LogP contribution is -2.24. The van der Waals surface area contributed by atoms with Crippen LogP contribution >= 0.6 is 11.6 Å². The topological polar surface area (TPSA) is 66.4 Å². The second-order valence-electron chi connectivity index (χ2n) is 3.46. The molecule has 0 fully saturated rings. The highest BCUT2D eigenvalue weighted by Crippen LogP contribution is 2.22. The zero-order valence-corrected chi connectivity index (χ0v) is 9.84. The van der Waals surface area contributed by atoms with Gasteiger partial charge in [-0.2, -0.15) is 0 Å². The fraction of sp³-hybridized carbons (Fsp3) is 0.273. The van der Waals surface area contributed by atoms with Crippen molar-refractivity contribution in [3.63, 3.8) is 0 Å². The van der Waals surface area contributed by atoms with Gasteiger partial charge in [0.25, 0.3) is 0 Å². The minimum Gasteiger partial charge on any atom is -0.465 e. The molecule has 1 aromatic carbocycles. The number of amides is 1. The normalized spacial score (nSPS) is 10.1. The van der Waals surface area contributed by atoms with Crippen LogP contribution in [-0.2, 0) is 0 Å². The third-order valence-corrected chi connectivity index (χ3v) is 2.50. The van der Waals surface area contributed by atoms with Gasteiger partial charge in [-0.05, 0) is 18.6 Å². The summed E-state index contributed by atoms with van der Waals surface area (Å²) in [5.41, 5.74) is 0.400. The zero-order chi connectivity index (χ0) is 13.0. The Labute approximate surface area is 102 Å². The minimum atomic E-state index is -1.22. The van der Waals surface area contributed by atoms with Crippen LogP contribution in [0.1, 0.15) is 22.3 Å². The van der Waals surface area contributed by atoms with Crippen LogP contribution in [0.3, 0.4) is 0 Å². The molecule has 0 saturated heterocycles. The number of carbonyl (C=O) groups excluding carboxylic acids is 1. The predicted octanol–water partition coefficient (Wildman–Crippen LogP) is 2.63. The third-order valence-electron chi connectivity index (χ3n) is 2.21. The second-order valence-corrected chi connectivity index (χ2v) is 3.87. The Bertz CT molecular complexity index is 462.